The summed E-state index contributed by atoms with van der Waals surface area (Å²) >= 11 is 0. The summed E-state index contributed by atoms with van der Waals surface area (Å²) in [4.78, 5) is 40.5. The molecule has 1 heterocycles. The molecule has 4 atom stereocenters. The van der Waals surface area contributed by atoms with Crippen molar-refractivity contribution in [2.45, 2.75) is 70.2 Å². The Balaban J connectivity index is 1.36. The number of rotatable bonds is 8. The third kappa shape index (κ3) is 5.62. The van der Waals surface area contributed by atoms with Crippen LogP contribution in [0.4, 0.5) is 0 Å². The van der Waals surface area contributed by atoms with Crippen LogP contribution in [-0.2, 0) is 32.1 Å². The standard InChI is InChI=1S/C27H32N2O4/c1-19(28-25(30)16-15-20-9-4-2-5-10-20)26(31)29-23-14-8-13-22(23)17-24(29)27(32)33-18-21-11-6-3-7-12-21/h2-7,9-12,19,22-24H,8,13-18H2,1H3,(H,28,30)/t19?,22-,23-,24-/m0/s1. The van der Waals surface area contributed by atoms with Crippen LogP contribution in [-0.4, -0.2) is 40.8 Å². The van der Waals surface area contributed by atoms with Crippen molar-refractivity contribution in [2.24, 2.45) is 5.92 Å². The Bertz CT molecular complexity index is 963. The Labute approximate surface area is 195 Å². The molecule has 2 aromatic carbocycles. The van der Waals surface area contributed by atoms with Crippen LogP contribution in [0.2, 0.25) is 0 Å². The molecule has 4 rings (SSSR count). The smallest absolute Gasteiger partial charge is 0.329 e. The van der Waals surface area contributed by atoms with Gasteiger partial charge in [0.1, 0.15) is 18.7 Å². The van der Waals surface area contributed by atoms with Crippen molar-refractivity contribution in [1.82, 2.24) is 10.2 Å². The van der Waals surface area contributed by atoms with Crippen LogP contribution in [0.3, 0.4) is 0 Å². The Morgan fingerprint density at radius 1 is 1.00 bits per heavy atom. The van der Waals surface area contributed by atoms with Gasteiger partial charge in [0.05, 0.1) is 0 Å². The Morgan fingerprint density at radius 2 is 1.67 bits per heavy atom. The van der Waals surface area contributed by atoms with Gasteiger partial charge in [-0.05, 0) is 49.7 Å². The number of aryl methyl sites for hydroxylation is 1. The van der Waals surface area contributed by atoms with Gasteiger partial charge in [-0.2, -0.15) is 0 Å². The third-order valence-corrected chi connectivity index (χ3v) is 6.82. The first-order valence-corrected chi connectivity index (χ1v) is 11.9. The first-order valence-electron chi connectivity index (χ1n) is 11.9. The van der Waals surface area contributed by atoms with Crippen molar-refractivity contribution >= 4 is 17.8 Å². The lowest BCUT2D eigenvalue weighted by Crippen LogP contribution is -2.53. The molecular weight excluding hydrogens is 416 g/mol. The molecule has 0 bridgehead atoms. The molecular formula is C27H32N2O4. The maximum atomic E-state index is 13.4. The fourth-order valence-electron chi connectivity index (χ4n) is 5.14. The number of fused-ring (bicyclic) bond motifs is 1. The minimum Gasteiger partial charge on any atom is -0.459 e. The first-order chi connectivity index (χ1) is 16.0. The van der Waals surface area contributed by atoms with E-state index in [0.29, 0.717) is 25.2 Å². The van der Waals surface area contributed by atoms with Crippen LogP contribution in [0, 0.1) is 5.92 Å². The zero-order chi connectivity index (χ0) is 23.2. The molecule has 2 amide bonds. The van der Waals surface area contributed by atoms with E-state index in [1.54, 1.807) is 11.8 Å². The van der Waals surface area contributed by atoms with E-state index in [4.69, 9.17) is 4.74 Å². The van der Waals surface area contributed by atoms with E-state index in [2.05, 4.69) is 5.32 Å². The summed E-state index contributed by atoms with van der Waals surface area (Å²) < 4.78 is 5.59. The van der Waals surface area contributed by atoms with Crippen LogP contribution in [0.1, 0.15) is 50.2 Å². The fourth-order valence-corrected chi connectivity index (χ4v) is 5.14. The summed E-state index contributed by atoms with van der Waals surface area (Å²) in [5.74, 6) is -0.391. The Hall–Kier alpha value is -3.15. The molecule has 1 saturated carbocycles. The number of benzene rings is 2. The topological polar surface area (TPSA) is 75.7 Å². The summed E-state index contributed by atoms with van der Waals surface area (Å²) in [5, 5.41) is 2.84. The summed E-state index contributed by atoms with van der Waals surface area (Å²) in [6, 6.07) is 18.1. The summed E-state index contributed by atoms with van der Waals surface area (Å²) in [6.45, 7) is 1.90. The fraction of sp³-hybridized carbons (Fsp3) is 0.444. The first kappa shape index (κ1) is 23.0. The SMILES string of the molecule is CC(NC(=O)CCc1ccccc1)C(=O)N1[C@H](C(=O)OCc2ccccc2)C[C@@H]2CCC[C@@H]21. The molecule has 6 heteroatoms. The van der Waals surface area contributed by atoms with E-state index in [9.17, 15) is 14.4 Å². The predicted molar refractivity (Wildman–Crippen MR) is 125 cm³/mol. The molecule has 33 heavy (non-hydrogen) atoms. The normalized spacial score (nSPS) is 22.5. The molecule has 1 N–H and O–H groups in total. The Kier molecular flexibility index (Phi) is 7.43. The van der Waals surface area contributed by atoms with E-state index in [1.165, 1.54) is 0 Å². The zero-order valence-corrected chi connectivity index (χ0v) is 19.1. The largest absolute Gasteiger partial charge is 0.459 e. The highest BCUT2D eigenvalue weighted by Gasteiger charge is 2.50. The van der Waals surface area contributed by atoms with Crippen molar-refractivity contribution in [3.8, 4) is 0 Å². The molecule has 2 fully saturated rings. The number of likely N-dealkylation sites (tertiary alicyclic amines) is 1. The molecule has 174 valence electrons. The van der Waals surface area contributed by atoms with Gasteiger partial charge >= 0.3 is 5.97 Å². The molecule has 1 saturated heterocycles. The zero-order valence-electron chi connectivity index (χ0n) is 19.1. The van der Waals surface area contributed by atoms with Gasteiger partial charge < -0.3 is 15.0 Å². The lowest BCUT2D eigenvalue weighted by atomic mass is 10.0. The summed E-state index contributed by atoms with van der Waals surface area (Å²) in [6.07, 6.45) is 4.55. The van der Waals surface area contributed by atoms with Crippen molar-refractivity contribution in [2.75, 3.05) is 0 Å². The van der Waals surface area contributed by atoms with Gasteiger partial charge in [-0.25, -0.2) is 4.79 Å². The van der Waals surface area contributed by atoms with E-state index in [-0.39, 0.29) is 30.4 Å². The number of carbonyl (C=O) groups excluding carboxylic acids is 3. The van der Waals surface area contributed by atoms with E-state index in [0.717, 1.165) is 30.4 Å². The van der Waals surface area contributed by atoms with Crippen LogP contribution in [0.15, 0.2) is 60.7 Å². The third-order valence-electron chi connectivity index (χ3n) is 6.82. The minimum absolute atomic E-state index is 0.0513. The molecule has 0 spiro atoms. The summed E-state index contributed by atoms with van der Waals surface area (Å²) in [7, 11) is 0. The highest BCUT2D eigenvalue weighted by atomic mass is 16.5. The Morgan fingerprint density at radius 3 is 2.36 bits per heavy atom. The molecule has 1 aliphatic carbocycles. The number of ether oxygens (including phenoxy) is 1. The molecule has 2 aromatic rings. The van der Waals surface area contributed by atoms with Gasteiger partial charge in [-0.1, -0.05) is 67.1 Å². The molecule has 0 aromatic heterocycles. The van der Waals surface area contributed by atoms with Gasteiger partial charge in [-0.15, -0.1) is 0 Å². The number of nitrogens with zero attached hydrogens (tertiary/aromatic N) is 1. The van der Waals surface area contributed by atoms with Gasteiger partial charge in [0.25, 0.3) is 0 Å². The lowest BCUT2D eigenvalue weighted by Gasteiger charge is -2.31. The highest BCUT2D eigenvalue weighted by Crippen LogP contribution is 2.42. The molecule has 1 aliphatic heterocycles. The minimum atomic E-state index is -0.683. The van der Waals surface area contributed by atoms with Crippen molar-refractivity contribution < 1.29 is 19.1 Å². The predicted octanol–water partition coefficient (Wildman–Crippen LogP) is 3.64. The average Bonchev–Trinajstić information content (AvgIpc) is 3.43. The number of hydrogen-bond donors (Lipinski definition) is 1. The average molecular weight is 449 g/mol. The highest BCUT2D eigenvalue weighted by molar-refractivity contribution is 5.91. The molecule has 2 aliphatic rings. The number of nitrogens with one attached hydrogen (secondary N) is 1. The second-order valence-corrected chi connectivity index (χ2v) is 9.12. The van der Waals surface area contributed by atoms with Crippen molar-refractivity contribution in [3.63, 3.8) is 0 Å². The maximum Gasteiger partial charge on any atom is 0.329 e. The molecule has 6 nitrogen and oxygen atoms in total. The quantitative estimate of drug-likeness (QED) is 0.626. The maximum absolute atomic E-state index is 13.4. The lowest BCUT2D eigenvalue weighted by molar-refractivity contribution is -0.156. The monoisotopic (exact) mass is 448 g/mol. The van der Waals surface area contributed by atoms with Crippen LogP contribution in [0.5, 0.6) is 0 Å². The van der Waals surface area contributed by atoms with Crippen LogP contribution in [0.25, 0.3) is 0 Å². The second kappa shape index (κ2) is 10.6. The van der Waals surface area contributed by atoms with E-state index in [1.807, 2.05) is 60.7 Å². The second-order valence-electron chi connectivity index (χ2n) is 9.12. The van der Waals surface area contributed by atoms with E-state index < -0.39 is 12.1 Å². The van der Waals surface area contributed by atoms with Crippen molar-refractivity contribution in [1.29, 1.82) is 0 Å². The summed E-state index contributed by atoms with van der Waals surface area (Å²) in [5.41, 5.74) is 2.00. The number of hydrogen-bond acceptors (Lipinski definition) is 4. The van der Waals surface area contributed by atoms with E-state index >= 15 is 0 Å². The number of esters is 1. The number of carbonyl (C=O) groups is 3. The molecule has 0 radical (unpaired) electrons. The van der Waals surface area contributed by atoms with Crippen molar-refractivity contribution in [3.05, 3.63) is 71.8 Å². The van der Waals surface area contributed by atoms with Gasteiger partial charge in [0, 0.05) is 12.5 Å². The van der Waals surface area contributed by atoms with Gasteiger partial charge in [0.2, 0.25) is 11.8 Å². The van der Waals surface area contributed by atoms with Gasteiger partial charge in [-0.3, -0.25) is 9.59 Å². The molecule has 1 unspecified atom stereocenters. The van der Waals surface area contributed by atoms with Gasteiger partial charge in [0.15, 0.2) is 0 Å². The van der Waals surface area contributed by atoms with Crippen LogP contribution >= 0.6 is 0 Å². The van der Waals surface area contributed by atoms with Crippen LogP contribution < -0.4 is 5.32 Å². The number of amides is 2.